The zero-order chi connectivity index (χ0) is 12.8. The molecule has 1 rings (SSSR count). The Morgan fingerprint density at radius 2 is 1.62 bits per heavy atom. The highest BCUT2D eigenvalue weighted by Crippen LogP contribution is 2.49. The van der Waals surface area contributed by atoms with E-state index in [9.17, 15) is 26.3 Å². The summed E-state index contributed by atoms with van der Waals surface area (Å²) in [5.74, 6) is 0. The highest BCUT2D eigenvalue weighted by atomic mass is 19.4. The molecule has 0 nitrogen and oxygen atoms in total. The molecule has 0 N–H and O–H groups in total. The fraction of sp³-hybridized carbons (Fsp3) is 0.600. The molecule has 0 aromatic heterocycles. The van der Waals surface area contributed by atoms with Gasteiger partial charge < -0.3 is 0 Å². The Kier molecular flexibility index (Phi) is 2.90. The second kappa shape index (κ2) is 3.53. The largest absolute Gasteiger partial charge is 0.412 e. The smallest absolute Gasteiger partial charge is 0.170 e. The Labute approximate surface area is 88.6 Å². The van der Waals surface area contributed by atoms with Gasteiger partial charge in [0, 0.05) is 5.57 Å². The van der Waals surface area contributed by atoms with Crippen molar-refractivity contribution in [3.8, 4) is 0 Å². The van der Waals surface area contributed by atoms with Crippen LogP contribution in [0.4, 0.5) is 26.3 Å². The van der Waals surface area contributed by atoms with E-state index < -0.39 is 29.8 Å². The third-order valence-electron chi connectivity index (χ3n) is 2.52. The molecule has 0 aromatic carbocycles. The van der Waals surface area contributed by atoms with Crippen molar-refractivity contribution in [3.05, 3.63) is 23.3 Å². The van der Waals surface area contributed by atoms with Crippen LogP contribution in [-0.4, -0.2) is 12.4 Å². The molecule has 1 atom stereocenters. The first-order chi connectivity index (χ1) is 6.96. The summed E-state index contributed by atoms with van der Waals surface area (Å²) in [4.78, 5) is 0. The topological polar surface area (TPSA) is 0 Å². The first kappa shape index (κ1) is 13.1. The summed E-state index contributed by atoms with van der Waals surface area (Å²) in [6, 6.07) is 0. The molecule has 0 aliphatic heterocycles. The molecule has 1 unspecified atom stereocenters. The molecule has 0 radical (unpaired) electrons. The number of halogens is 6. The van der Waals surface area contributed by atoms with Crippen LogP contribution in [0.5, 0.6) is 0 Å². The van der Waals surface area contributed by atoms with Gasteiger partial charge in [0.25, 0.3) is 0 Å². The molecule has 0 heterocycles. The van der Waals surface area contributed by atoms with E-state index in [-0.39, 0.29) is 5.57 Å². The Hall–Kier alpha value is -0.940. The normalized spacial score (nSPS) is 27.5. The summed E-state index contributed by atoms with van der Waals surface area (Å²) in [7, 11) is 0. The SMILES string of the molecule is CC1=CC(C)(C(F)(F)F)CC(C(F)(F)F)=C1. The fourth-order valence-corrected chi connectivity index (χ4v) is 1.68. The van der Waals surface area contributed by atoms with Gasteiger partial charge in [0.1, 0.15) is 0 Å². The molecule has 6 heteroatoms. The lowest BCUT2D eigenvalue weighted by Gasteiger charge is -2.33. The van der Waals surface area contributed by atoms with E-state index >= 15 is 0 Å². The van der Waals surface area contributed by atoms with E-state index in [4.69, 9.17) is 0 Å². The Morgan fingerprint density at radius 3 is 2.00 bits per heavy atom. The van der Waals surface area contributed by atoms with Crippen LogP contribution >= 0.6 is 0 Å². The molecule has 0 fully saturated rings. The van der Waals surface area contributed by atoms with E-state index in [0.717, 1.165) is 19.1 Å². The van der Waals surface area contributed by atoms with Crippen molar-refractivity contribution >= 4 is 0 Å². The lowest BCUT2D eigenvalue weighted by Crippen LogP contribution is -2.37. The van der Waals surface area contributed by atoms with Crippen molar-refractivity contribution < 1.29 is 26.3 Å². The molecule has 16 heavy (non-hydrogen) atoms. The predicted octanol–water partition coefficient (Wildman–Crippen LogP) is 4.39. The molecule has 92 valence electrons. The summed E-state index contributed by atoms with van der Waals surface area (Å²) in [5, 5.41) is 0. The van der Waals surface area contributed by atoms with Crippen molar-refractivity contribution in [2.75, 3.05) is 0 Å². The first-order valence-electron chi connectivity index (χ1n) is 4.50. The summed E-state index contributed by atoms with van der Waals surface area (Å²) in [5.41, 5.74) is -3.58. The highest BCUT2D eigenvalue weighted by molar-refractivity contribution is 5.33. The second-order valence-electron chi connectivity index (χ2n) is 4.15. The van der Waals surface area contributed by atoms with Crippen molar-refractivity contribution in [1.82, 2.24) is 0 Å². The van der Waals surface area contributed by atoms with Crippen LogP contribution in [0.3, 0.4) is 0 Å². The van der Waals surface area contributed by atoms with Crippen LogP contribution in [0.15, 0.2) is 23.3 Å². The number of alkyl halides is 6. The molecule has 0 saturated heterocycles. The number of allylic oxidation sites excluding steroid dienone is 4. The Morgan fingerprint density at radius 1 is 1.12 bits per heavy atom. The third kappa shape index (κ3) is 2.41. The predicted molar refractivity (Wildman–Crippen MR) is 46.7 cm³/mol. The van der Waals surface area contributed by atoms with Crippen LogP contribution in [-0.2, 0) is 0 Å². The average Bonchev–Trinajstić information content (AvgIpc) is 1.98. The molecule has 0 saturated carbocycles. The van der Waals surface area contributed by atoms with E-state index in [1.54, 1.807) is 0 Å². The van der Waals surface area contributed by atoms with E-state index in [1.165, 1.54) is 6.92 Å². The maximum Gasteiger partial charge on any atom is 0.412 e. The van der Waals surface area contributed by atoms with Gasteiger partial charge in [-0.15, -0.1) is 0 Å². The Bertz CT molecular complexity index is 343. The molecule has 0 aromatic rings. The molecule has 1 aliphatic rings. The molecular formula is C10H10F6. The number of hydrogen-bond donors (Lipinski definition) is 0. The number of rotatable bonds is 0. The van der Waals surface area contributed by atoms with E-state index in [1.807, 2.05) is 0 Å². The first-order valence-corrected chi connectivity index (χ1v) is 4.50. The monoisotopic (exact) mass is 244 g/mol. The van der Waals surface area contributed by atoms with Crippen molar-refractivity contribution in [3.63, 3.8) is 0 Å². The fourth-order valence-electron chi connectivity index (χ4n) is 1.68. The van der Waals surface area contributed by atoms with Gasteiger partial charge in [-0.2, -0.15) is 26.3 Å². The van der Waals surface area contributed by atoms with Gasteiger partial charge in [0.2, 0.25) is 0 Å². The van der Waals surface area contributed by atoms with Crippen LogP contribution in [0.2, 0.25) is 0 Å². The highest BCUT2D eigenvalue weighted by Gasteiger charge is 2.53. The van der Waals surface area contributed by atoms with Crippen LogP contribution in [0.25, 0.3) is 0 Å². The van der Waals surface area contributed by atoms with Crippen molar-refractivity contribution in [1.29, 1.82) is 0 Å². The van der Waals surface area contributed by atoms with Crippen LogP contribution < -0.4 is 0 Å². The average molecular weight is 244 g/mol. The van der Waals surface area contributed by atoms with Gasteiger partial charge >= 0.3 is 12.4 Å². The minimum atomic E-state index is -4.71. The molecule has 0 spiro atoms. The molecule has 1 aliphatic carbocycles. The molecule has 0 bridgehead atoms. The maximum atomic E-state index is 12.6. The van der Waals surface area contributed by atoms with Crippen LogP contribution in [0.1, 0.15) is 20.3 Å². The van der Waals surface area contributed by atoms with E-state index in [0.29, 0.717) is 0 Å². The van der Waals surface area contributed by atoms with Gasteiger partial charge in [0.15, 0.2) is 0 Å². The summed E-state index contributed by atoms with van der Waals surface area (Å²) in [6.45, 7) is 2.00. The lowest BCUT2D eigenvalue weighted by atomic mass is 9.77. The van der Waals surface area contributed by atoms with Gasteiger partial charge in [-0.1, -0.05) is 17.7 Å². The van der Waals surface area contributed by atoms with Crippen molar-refractivity contribution in [2.45, 2.75) is 32.6 Å². The zero-order valence-electron chi connectivity index (χ0n) is 8.63. The van der Waals surface area contributed by atoms with Gasteiger partial charge in [-0.3, -0.25) is 0 Å². The third-order valence-corrected chi connectivity index (χ3v) is 2.52. The minimum absolute atomic E-state index is 0.0154. The second-order valence-corrected chi connectivity index (χ2v) is 4.15. The van der Waals surface area contributed by atoms with Gasteiger partial charge in [-0.25, -0.2) is 0 Å². The summed E-state index contributed by atoms with van der Waals surface area (Å²) in [6.07, 6.45) is -8.85. The summed E-state index contributed by atoms with van der Waals surface area (Å²) >= 11 is 0. The minimum Gasteiger partial charge on any atom is -0.170 e. The molecule has 0 amide bonds. The Balaban J connectivity index is 3.14. The standard InChI is InChI=1S/C10H10F6/c1-6-3-7(9(11,12)13)5-8(2,4-6)10(14,15)16/h3-4H,5H2,1-2H3. The zero-order valence-corrected chi connectivity index (χ0v) is 8.63. The lowest BCUT2D eigenvalue weighted by molar-refractivity contribution is -0.204. The molecular weight excluding hydrogens is 234 g/mol. The maximum absolute atomic E-state index is 12.6. The number of hydrogen-bond acceptors (Lipinski definition) is 0. The van der Waals surface area contributed by atoms with Crippen LogP contribution in [0, 0.1) is 5.41 Å². The summed E-state index contributed by atoms with van der Waals surface area (Å²) < 4.78 is 75.0. The van der Waals surface area contributed by atoms with Gasteiger partial charge in [0.05, 0.1) is 5.41 Å². The quantitative estimate of drug-likeness (QED) is 0.554. The van der Waals surface area contributed by atoms with Gasteiger partial charge in [-0.05, 0) is 20.3 Å². The van der Waals surface area contributed by atoms with E-state index in [2.05, 4.69) is 0 Å². The van der Waals surface area contributed by atoms with Crippen molar-refractivity contribution in [2.24, 2.45) is 5.41 Å².